The summed E-state index contributed by atoms with van der Waals surface area (Å²) in [6, 6.07) is 15.2. The molecule has 0 bridgehead atoms. The first-order valence-corrected chi connectivity index (χ1v) is 8.16. The average Bonchev–Trinajstić information content (AvgIpc) is 3.03. The van der Waals surface area contributed by atoms with Gasteiger partial charge in [-0.2, -0.15) is 0 Å². The molecule has 0 N–H and O–H groups in total. The number of nitro benzene ring substituents is 1. The molecule has 0 aromatic heterocycles. The highest BCUT2D eigenvalue weighted by Crippen LogP contribution is 2.35. The Morgan fingerprint density at radius 1 is 1.25 bits per heavy atom. The standard InChI is InChI=1S/C19H20N2O3/c1-14(22)16-9-10-18(19(13-16)21(23)24)20-11-5-8-17(20)12-15-6-3-2-4-7-15/h2-4,6-7,9-10,13,17H,5,8,11-12H2,1H3. The smallest absolute Gasteiger partial charge is 0.293 e. The van der Waals surface area contributed by atoms with Crippen LogP contribution < -0.4 is 4.90 Å². The topological polar surface area (TPSA) is 63.5 Å². The number of carbonyl (C=O) groups excluding carboxylic acids is 1. The zero-order chi connectivity index (χ0) is 17.1. The number of Topliss-reactive ketones (excluding diaryl/α,β-unsaturated/α-hetero) is 1. The number of hydrogen-bond acceptors (Lipinski definition) is 4. The molecular formula is C19H20N2O3. The monoisotopic (exact) mass is 324 g/mol. The third-order valence-electron chi connectivity index (χ3n) is 4.58. The van der Waals surface area contributed by atoms with Crippen molar-refractivity contribution in [2.75, 3.05) is 11.4 Å². The van der Waals surface area contributed by atoms with E-state index < -0.39 is 0 Å². The zero-order valence-corrected chi connectivity index (χ0v) is 13.6. The Balaban J connectivity index is 1.92. The minimum Gasteiger partial charge on any atom is -0.363 e. The van der Waals surface area contributed by atoms with Gasteiger partial charge in [-0.25, -0.2) is 0 Å². The number of nitro groups is 1. The third kappa shape index (κ3) is 3.30. The summed E-state index contributed by atoms with van der Waals surface area (Å²) in [5.41, 5.74) is 2.24. The van der Waals surface area contributed by atoms with Crippen LogP contribution >= 0.6 is 0 Å². The molecule has 2 aromatic rings. The molecule has 0 spiro atoms. The van der Waals surface area contributed by atoms with Crippen molar-refractivity contribution in [1.82, 2.24) is 0 Å². The van der Waals surface area contributed by atoms with Gasteiger partial charge in [-0.3, -0.25) is 14.9 Å². The van der Waals surface area contributed by atoms with Crippen LogP contribution in [0.2, 0.25) is 0 Å². The van der Waals surface area contributed by atoms with E-state index in [9.17, 15) is 14.9 Å². The van der Waals surface area contributed by atoms with Gasteiger partial charge in [0.25, 0.3) is 5.69 Å². The molecule has 0 amide bonds. The predicted octanol–water partition coefficient (Wildman–Crippen LogP) is 4.01. The Morgan fingerprint density at radius 2 is 2.00 bits per heavy atom. The molecule has 1 fully saturated rings. The molecule has 124 valence electrons. The highest BCUT2D eigenvalue weighted by molar-refractivity contribution is 5.95. The molecule has 5 heteroatoms. The Labute approximate surface area is 141 Å². The van der Waals surface area contributed by atoms with E-state index in [1.165, 1.54) is 18.6 Å². The largest absolute Gasteiger partial charge is 0.363 e. The van der Waals surface area contributed by atoms with Crippen LogP contribution in [0.4, 0.5) is 11.4 Å². The molecule has 1 saturated heterocycles. The number of hydrogen-bond donors (Lipinski definition) is 0. The first-order chi connectivity index (χ1) is 11.6. The van der Waals surface area contributed by atoms with Gasteiger partial charge in [0.05, 0.1) is 4.92 Å². The van der Waals surface area contributed by atoms with Crippen LogP contribution in [0.25, 0.3) is 0 Å². The summed E-state index contributed by atoms with van der Waals surface area (Å²) in [5.74, 6) is -0.160. The molecule has 1 heterocycles. The third-order valence-corrected chi connectivity index (χ3v) is 4.58. The van der Waals surface area contributed by atoms with E-state index in [0.717, 1.165) is 25.8 Å². The second-order valence-electron chi connectivity index (χ2n) is 6.20. The summed E-state index contributed by atoms with van der Waals surface area (Å²) in [6.45, 7) is 2.23. The maximum atomic E-state index is 11.5. The van der Waals surface area contributed by atoms with E-state index in [0.29, 0.717) is 11.3 Å². The van der Waals surface area contributed by atoms with E-state index in [2.05, 4.69) is 17.0 Å². The molecule has 0 saturated carbocycles. The number of anilines is 1. The van der Waals surface area contributed by atoms with Gasteiger partial charge in [0.1, 0.15) is 5.69 Å². The molecule has 1 aliphatic rings. The van der Waals surface area contributed by atoms with Crippen molar-refractivity contribution in [3.63, 3.8) is 0 Å². The lowest BCUT2D eigenvalue weighted by Gasteiger charge is -2.26. The first kappa shape index (κ1) is 16.2. The minimum absolute atomic E-state index is 0.0164. The van der Waals surface area contributed by atoms with Crippen molar-refractivity contribution in [3.8, 4) is 0 Å². The molecule has 3 rings (SSSR count). The van der Waals surface area contributed by atoms with Crippen LogP contribution in [0.1, 0.15) is 35.7 Å². The van der Waals surface area contributed by atoms with Crippen molar-refractivity contribution in [3.05, 3.63) is 69.8 Å². The fourth-order valence-corrected chi connectivity index (χ4v) is 3.38. The first-order valence-electron chi connectivity index (χ1n) is 8.16. The molecule has 24 heavy (non-hydrogen) atoms. The van der Waals surface area contributed by atoms with E-state index in [1.54, 1.807) is 12.1 Å². The van der Waals surface area contributed by atoms with Crippen molar-refractivity contribution in [2.45, 2.75) is 32.2 Å². The van der Waals surface area contributed by atoms with Crippen LogP contribution in [0.5, 0.6) is 0 Å². The fourth-order valence-electron chi connectivity index (χ4n) is 3.38. The number of ketones is 1. The molecule has 1 unspecified atom stereocenters. The van der Waals surface area contributed by atoms with Crippen LogP contribution in [0, 0.1) is 10.1 Å². The summed E-state index contributed by atoms with van der Waals surface area (Å²) in [7, 11) is 0. The van der Waals surface area contributed by atoms with Gasteiger partial charge in [-0.05, 0) is 43.9 Å². The Kier molecular flexibility index (Phi) is 4.60. The number of benzene rings is 2. The van der Waals surface area contributed by atoms with Crippen molar-refractivity contribution in [2.24, 2.45) is 0 Å². The summed E-state index contributed by atoms with van der Waals surface area (Å²) in [5, 5.41) is 11.5. The van der Waals surface area contributed by atoms with Gasteiger partial charge in [-0.15, -0.1) is 0 Å². The Morgan fingerprint density at radius 3 is 2.67 bits per heavy atom. The van der Waals surface area contributed by atoms with E-state index in [4.69, 9.17) is 0 Å². The van der Waals surface area contributed by atoms with Crippen molar-refractivity contribution >= 4 is 17.2 Å². The molecule has 0 radical (unpaired) electrons. The molecular weight excluding hydrogens is 304 g/mol. The summed E-state index contributed by atoms with van der Waals surface area (Å²) in [4.78, 5) is 24.7. The number of rotatable bonds is 5. The van der Waals surface area contributed by atoms with Gasteiger partial charge in [-0.1, -0.05) is 30.3 Å². The summed E-state index contributed by atoms with van der Waals surface area (Å²) in [6.07, 6.45) is 2.90. The lowest BCUT2D eigenvalue weighted by molar-refractivity contribution is -0.384. The lowest BCUT2D eigenvalue weighted by atomic mass is 10.0. The zero-order valence-electron chi connectivity index (χ0n) is 13.6. The van der Waals surface area contributed by atoms with E-state index >= 15 is 0 Å². The quantitative estimate of drug-likeness (QED) is 0.473. The summed E-state index contributed by atoms with van der Waals surface area (Å²) < 4.78 is 0. The molecule has 0 aliphatic carbocycles. The maximum Gasteiger partial charge on any atom is 0.293 e. The SMILES string of the molecule is CC(=O)c1ccc(N2CCCC2Cc2ccccc2)c([N+](=O)[O-])c1. The molecule has 1 aliphatic heterocycles. The predicted molar refractivity (Wildman–Crippen MR) is 93.6 cm³/mol. The fraction of sp³-hybridized carbons (Fsp3) is 0.316. The van der Waals surface area contributed by atoms with E-state index in [-0.39, 0.29) is 22.4 Å². The van der Waals surface area contributed by atoms with Crippen molar-refractivity contribution < 1.29 is 9.72 Å². The average molecular weight is 324 g/mol. The molecule has 2 aromatic carbocycles. The second kappa shape index (κ2) is 6.83. The van der Waals surface area contributed by atoms with Crippen LogP contribution in [0.3, 0.4) is 0 Å². The lowest BCUT2D eigenvalue weighted by Crippen LogP contribution is -2.31. The number of carbonyl (C=O) groups is 1. The van der Waals surface area contributed by atoms with Crippen LogP contribution in [0.15, 0.2) is 48.5 Å². The molecule has 1 atom stereocenters. The van der Waals surface area contributed by atoms with Gasteiger partial charge >= 0.3 is 0 Å². The highest BCUT2D eigenvalue weighted by Gasteiger charge is 2.30. The van der Waals surface area contributed by atoms with Gasteiger partial charge in [0.15, 0.2) is 5.78 Å². The van der Waals surface area contributed by atoms with Gasteiger partial charge in [0, 0.05) is 24.2 Å². The Hall–Kier alpha value is -2.69. The van der Waals surface area contributed by atoms with Crippen LogP contribution in [-0.4, -0.2) is 23.3 Å². The highest BCUT2D eigenvalue weighted by atomic mass is 16.6. The summed E-state index contributed by atoms with van der Waals surface area (Å²) >= 11 is 0. The van der Waals surface area contributed by atoms with Gasteiger partial charge < -0.3 is 4.90 Å². The minimum atomic E-state index is -0.389. The maximum absolute atomic E-state index is 11.5. The second-order valence-corrected chi connectivity index (χ2v) is 6.20. The Bertz CT molecular complexity index is 758. The van der Waals surface area contributed by atoms with Crippen LogP contribution in [-0.2, 0) is 6.42 Å². The number of nitrogens with zero attached hydrogens (tertiary/aromatic N) is 2. The molecule has 5 nitrogen and oxygen atoms in total. The van der Waals surface area contributed by atoms with Crippen molar-refractivity contribution in [1.29, 1.82) is 0 Å². The normalized spacial score (nSPS) is 17.0. The van der Waals surface area contributed by atoms with E-state index in [1.807, 2.05) is 18.2 Å². The van der Waals surface area contributed by atoms with Gasteiger partial charge in [0.2, 0.25) is 0 Å².